The molecule has 2 aromatic heterocycles. The van der Waals surface area contributed by atoms with Crippen molar-refractivity contribution in [1.82, 2.24) is 9.97 Å². The quantitative estimate of drug-likeness (QED) is 0.639. The fourth-order valence-corrected chi connectivity index (χ4v) is 4.77. The summed E-state index contributed by atoms with van der Waals surface area (Å²) >= 11 is 1.71. The minimum Gasteiger partial charge on any atom is -0.497 e. The van der Waals surface area contributed by atoms with E-state index in [1.165, 1.54) is 4.88 Å². The summed E-state index contributed by atoms with van der Waals surface area (Å²) in [6.07, 6.45) is 4.39. The van der Waals surface area contributed by atoms with E-state index >= 15 is 0 Å². The standard InChI is InChI=1S/C22H26N4O3S/c1-4-16-11-17-20(23-13-24-22(17)30-16)26-9-5-6-14(12-26)21(27)25-18-8-7-15(28-2)10-19(18)29-3/h7-8,10-11,13-14H,4-6,9,12H2,1-3H3,(H,25,27)/t14-/m0/s1. The van der Waals surface area contributed by atoms with E-state index in [1.807, 2.05) is 12.1 Å². The van der Waals surface area contributed by atoms with Crippen LogP contribution in [-0.4, -0.2) is 43.2 Å². The summed E-state index contributed by atoms with van der Waals surface area (Å²) in [5.74, 6) is 2.06. The Bertz CT molecular complexity index is 1050. The topological polar surface area (TPSA) is 76.6 Å². The fraction of sp³-hybridized carbons (Fsp3) is 0.409. The summed E-state index contributed by atoms with van der Waals surface area (Å²) in [6, 6.07) is 7.57. The molecule has 1 saturated heterocycles. The van der Waals surface area contributed by atoms with E-state index in [9.17, 15) is 4.79 Å². The van der Waals surface area contributed by atoms with Crippen molar-refractivity contribution in [3.05, 3.63) is 35.5 Å². The molecule has 1 fully saturated rings. The number of benzene rings is 1. The molecule has 0 saturated carbocycles. The average molecular weight is 427 g/mol. The van der Waals surface area contributed by atoms with Crippen LogP contribution >= 0.6 is 11.3 Å². The van der Waals surface area contributed by atoms with Crippen LogP contribution in [0.2, 0.25) is 0 Å². The Labute approximate surface area is 180 Å². The van der Waals surface area contributed by atoms with Crippen molar-refractivity contribution in [1.29, 1.82) is 0 Å². The number of methoxy groups -OCH3 is 2. The monoisotopic (exact) mass is 426 g/mol. The second-order valence-electron chi connectivity index (χ2n) is 7.32. The number of aromatic nitrogens is 2. The summed E-state index contributed by atoms with van der Waals surface area (Å²) in [5, 5.41) is 4.11. The summed E-state index contributed by atoms with van der Waals surface area (Å²) < 4.78 is 10.6. The highest BCUT2D eigenvalue weighted by Gasteiger charge is 2.28. The van der Waals surface area contributed by atoms with Crippen molar-refractivity contribution in [3.63, 3.8) is 0 Å². The number of piperidine rings is 1. The van der Waals surface area contributed by atoms with Crippen LogP contribution in [0.25, 0.3) is 10.2 Å². The second-order valence-corrected chi connectivity index (χ2v) is 8.44. The molecule has 1 aliphatic heterocycles. The number of nitrogens with zero attached hydrogens (tertiary/aromatic N) is 3. The van der Waals surface area contributed by atoms with Crippen molar-refractivity contribution < 1.29 is 14.3 Å². The van der Waals surface area contributed by atoms with Crippen LogP contribution in [0, 0.1) is 5.92 Å². The lowest BCUT2D eigenvalue weighted by molar-refractivity contribution is -0.120. The fourth-order valence-electron chi connectivity index (χ4n) is 3.84. The first-order valence-corrected chi connectivity index (χ1v) is 11.0. The van der Waals surface area contributed by atoms with Crippen LogP contribution < -0.4 is 19.7 Å². The van der Waals surface area contributed by atoms with Crippen LogP contribution in [0.4, 0.5) is 11.5 Å². The number of carbonyl (C=O) groups is 1. The molecular weight excluding hydrogens is 400 g/mol. The minimum atomic E-state index is -0.125. The summed E-state index contributed by atoms with van der Waals surface area (Å²) in [5.41, 5.74) is 0.648. The molecule has 3 aromatic rings. The molecular formula is C22H26N4O3S. The van der Waals surface area contributed by atoms with Gasteiger partial charge in [0.25, 0.3) is 0 Å². The molecule has 1 N–H and O–H groups in total. The van der Waals surface area contributed by atoms with Gasteiger partial charge >= 0.3 is 0 Å². The van der Waals surface area contributed by atoms with Crippen LogP contribution in [0.3, 0.4) is 0 Å². The molecule has 1 amide bonds. The van der Waals surface area contributed by atoms with Gasteiger partial charge in [-0.05, 0) is 37.5 Å². The van der Waals surface area contributed by atoms with Crippen molar-refractivity contribution in [2.45, 2.75) is 26.2 Å². The lowest BCUT2D eigenvalue weighted by atomic mass is 9.96. The van der Waals surface area contributed by atoms with Gasteiger partial charge in [-0.3, -0.25) is 4.79 Å². The number of nitrogens with one attached hydrogen (secondary N) is 1. The average Bonchev–Trinajstić information content (AvgIpc) is 3.23. The third kappa shape index (κ3) is 4.05. The first-order chi connectivity index (χ1) is 14.6. The molecule has 0 radical (unpaired) electrons. The molecule has 0 unspecified atom stereocenters. The zero-order chi connectivity index (χ0) is 21.1. The van der Waals surface area contributed by atoms with Crippen molar-refractivity contribution in [2.75, 3.05) is 37.5 Å². The maximum absolute atomic E-state index is 13.0. The summed E-state index contributed by atoms with van der Waals surface area (Å²) in [6.45, 7) is 3.67. The highest BCUT2D eigenvalue weighted by molar-refractivity contribution is 7.18. The van der Waals surface area contributed by atoms with Gasteiger partial charge in [-0.1, -0.05) is 6.92 Å². The first-order valence-electron chi connectivity index (χ1n) is 10.1. The Morgan fingerprint density at radius 2 is 2.13 bits per heavy atom. The van der Waals surface area contributed by atoms with Gasteiger partial charge in [-0.2, -0.15) is 0 Å². The SMILES string of the molecule is CCc1cc2c(N3CCC[C@H](C(=O)Nc4ccc(OC)cc4OC)C3)ncnc2s1. The Kier molecular flexibility index (Phi) is 6.03. The Morgan fingerprint density at radius 3 is 2.90 bits per heavy atom. The zero-order valence-electron chi connectivity index (χ0n) is 17.5. The van der Waals surface area contributed by atoms with Crippen molar-refractivity contribution in [2.24, 2.45) is 5.92 Å². The van der Waals surface area contributed by atoms with Crippen LogP contribution in [0.1, 0.15) is 24.6 Å². The molecule has 158 valence electrons. The molecule has 0 aliphatic carbocycles. The highest BCUT2D eigenvalue weighted by atomic mass is 32.1. The minimum absolute atomic E-state index is 0.00645. The number of thiophene rings is 1. The van der Waals surface area contributed by atoms with Crippen molar-refractivity contribution in [3.8, 4) is 11.5 Å². The normalized spacial score (nSPS) is 16.5. The van der Waals surface area contributed by atoms with E-state index in [0.717, 1.165) is 41.8 Å². The summed E-state index contributed by atoms with van der Waals surface area (Å²) in [4.78, 5) is 26.5. The Hall–Kier alpha value is -2.87. The summed E-state index contributed by atoms with van der Waals surface area (Å²) in [7, 11) is 3.18. The van der Waals surface area contributed by atoms with Gasteiger partial charge in [0, 0.05) is 24.0 Å². The molecule has 1 aromatic carbocycles. The molecule has 8 heteroatoms. The van der Waals surface area contributed by atoms with E-state index in [4.69, 9.17) is 9.47 Å². The number of rotatable bonds is 6. The second kappa shape index (κ2) is 8.87. The number of fused-ring (bicyclic) bond motifs is 1. The number of hydrogen-bond donors (Lipinski definition) is 1. The lowest BCUT2D eigenvalue weighted by Gasteiger charge is -2.33. The van der Waals surface area contributed by atoms with Crippen molar-refractivity contribution >= 4 is 39.0 Å². The molecule has 30 heavy (non-hydrogen) atoms. The molecule has 0 spiro atoms. The maximum atomic E-state index is 13.0. The van der Waals surface area contributed by atoms with Gasteiger partial charge in [0.2, 0.25) is 5.91 Å². The number of amides is 1. The van der Waals surface area contributed by atoms with Crippen LogP contribution in [-0.2, 0) is 11.2 Å². The van der Waals surface area contributed by atoms with Gasteiger partial charge in [-0.25, -0.2) is 9.97 Å². The van der Waals surface area contributed by atoms with Gasteiger partial charge < -0.3 is 19.7 Å². The predicted molar refractivity (Wildman–Crippen MR) is 120 cm³/mol. The Balaban J connectivity index is 1.52. The predicted octanol–water partition coefficient (Wildman–Crippen LogP) is 4.13. The number of anilines is 2. The third-order valence-corrected chi connectivity index (χ3v) is 6.65. The zero-order valence-corrected chi connectivity index (χ0v) is 18.3. The van der Waals surface area contributed by atoms with Crippen LogP contribution in [0.15, 0.2) is 30.6 Å². The number of carbonyl (C=O) groups excluding carboxylic acids is 1. The van der Waals surface area contributed by atoms with Gasteiger partial charge in [-0.15, -0.1) is 11.3 Å². The lowest BCUT2D eigenvalue weighted by Crippen LogP contribution is -2.41. The van der Waals surface area contributed by atoms with Gasteiger partial charge in [0.15, 0.2) is 0 Å². The molecule has 1 atom stereocenters. The molecule has 3 heterocycles. The largest absolute Gasteiger partial charge is 0.497 e. The smallest absolute Gasteiger partial charge is 0.229 e. The first kappa shape index (κ1) is 20.4. The Morgan fingerprint density at radius 1 is 1.27 bits per heavy atom. The molecule has 7 nitrogen and oxygen atoms in total. The number of aryl methyl sites for hydroxylation is 1. The van der Waals surface area contributed by atoms with E-state index in [0.29, 0.717) is 23.7 Å². The van der Waals surface area contributed by atoms with E-state index in [2.05, 4.69) is 33.2 Å². The van der Waals surface area contributed by atoms with E-state index in [-0.39, 0.29) is 11.8 Å². The number of ether oxygens (including phenoxy) is 2. The third-order valence-electron chi connectivity index (χ3n) is 5.47. The van der Waals surface area contributed by atoms with E-state index in [1.54, 1.807) is 38.0 Å². The van der Waals surface area contributed by atoms with Crippen LogP contribution in [0.5, 0.6) is 11.5 Å². The van der Waals surface area contributed by atoms with E-state index < -0.39 is 0 Å². The maximum Gasteiger partial charge on any atom is 0.229 e. The molecule has 0 bridgehead atoms. The molecule has 4 rings (SSSR count). The highest BCUT2D eigenvalue weighted by Crippen LogP contribution is 2.34. The van der Waals surface area contributed by atoms with Gasteiger partial charge in [0.05, 0.1) is 31.2 Å². The number of hydrogen-bond acceptors (Lipinski definition) is 7. The van der Waals surface area contributed by atoms with Gasteiger partial charge in [0.1, 0.15) is 28.5 Å². The molecule has 1 aliphatic rings.